The highest BCUT2D eigenvalue weighted by Gasteiger charge is 2.13. The van der Waals surface area contributed by atoms with Crippen molar-refractivity contribution in [2.24, 2.45) is 0 Å². The molecule has 0 atom stereocenters. The van der Waals surface area contributed by atoms with Crippen LogP contribution in [0.25, 0.3) is 11.1 Å². The Kier molecular flexibility index (Phi) is 8.79. The molecule has 6 aromatic rings. The summed E-state index contributed by atoms with van der Waals surface area (Å²) < 4.78 is 0. The molecule has 0 heterocycles. The normalized spacial score (nSPS) is 9.55. The smallest absolute Gasteiger partial charge is 0.0484 e. The largest absolute Gasteiger partial charge is 0.0622 e. The second kappa shape index (κ2) is 14.0. The zero-order valence-electron chi connectivity index (χ0n) is 24.0. The molecule has 0 saturated carbocycles. The van der Waals surface area contributed by atoms with Gasteiger partial charge in [0.25, 0.3) is 0 Å². The molecule has 0 spiro atoms. The fourth-order valence-electron chi connectivity index (χ4n) is 4.67. The van der Waals surface area contributed by atoms with E-state index < -0.39 is 0 Å². The van der Waals surface area contributed by atoms with Gasteiger partial charge in [-0.15, -0.1) is 0 Å². The SMILES string of the molecule is C(#Cc1cccc(-c2cccc(C#Cc3ccccc3)c2C#Cc2ccccc2)c1C#Cc1ccccc1)c1ccccc1. The third kappa shape index (κ3) is 7.06. The lowest BCUT2D eigenvalue weighted by molar-refractivity contribution is 1.51. The van der Waals surface area contributed by atoms with Crippen LogP contribution < -0.4 is 0 Å². The molecule has 0 saturated heterocycles. The summed E-state index contributed by atoms with van der Waals surface area (Å²) in [6.45, 7) is 0. The van der Waals surface area contributed by atoms with Crippen LogP contribution in [0.3, 0.4) is 0 Å². The van der Waals surface area contributed by atoms with E-state index in [1.165, 1.54) is 0 Å². The molecule has 0 N–H and O–H groups in total. The summed E-state index contributed by atoms with van der Waals surface area (Å²) >= 11 is 0. The van der Waals surface area contributed by atoms with Gasteiger partial charge in [-0.2, -0.15) is 0 Å². The van der Waals surface area contributed by atoms with E-state index in [2.05, 4.69) is 59.5 Å². The van der Waals surface area contributed by atoms with Crippen LogP contribution in [0.1, 0.15) is 44.5 Å². The van der Waals surface area contributed by atoms with Gasteiger partial charge in [0.1, 0.15) is 0 Å². The fraction of sp³-hybridized carbons (Fsp3) is 0. The minimum absolute atomic E-state index is 0.857. The minimum Gasteiger partial charge on any atom is -0.0622 e. The van der Waals surface area contributed by atoms with E-state index in [0.29, 0.717) is 0 Å². The molecule has 6 aromatic carbocycles. The summed E-state index contributed by atoms with van der Waals surface area (Å²) in [7, 11) is 0. The fourth-order valence-corrected chi connectivity index (χ4v) is 4.67. The Bertz CT molecular complexity index is 1980. The first kappa shape index (κ1) is 27.7. The lowest BCUT2D eigenvalue weighted by atomic mass is 9.90. The Morgan fingerprint density at radius 1 is 0.227 bits per heavy atom. The number of benzene rings is 6. The van der Waals surface area contributed by atoms with Gasteiger partial charge in [0.15, 0.2) is 0 Å². The van der Waals surface area contributed by atoms with Gasteiger partial charge in [0, 0.05) is 44.5 Å². The van der Waals surface area contributed by atoms with Crippen molar-refractivity contribution in [3.8, 4) is 58.5 Å². The Balaban J connectivity index is 1.56. The molecule has 202 valence electrons. The zero-order chi connectivity index (χ0) is 29.8. The molecule has 0 aromatic heterocycles. The second-order valence-corrected chi connectivity index (χ2v) is 9.92. The Morgan fingerprint density at radius 3 is 0.841 bits per heavy atom. The summed E-state index contributed by atoms with van der Waals surface area (Å²) in [6, 6.07) is 52.4. The van der Waals surface area contributed by atoms with Crippen molar-refractivity contribution in [3.05, 3.63) is 202 Å². The predicted octanol–water partition coefficient (Wildman–Crippen LogP) is 8.95. The van der Waals surface area contributed by atoms with Crippen molar-refractivity contribution in [1.82, 2.24) is 0 Å². The molecule has 44 heavy (non-hydrogen) atoms. The van der Waals surface area contributed by atoms with Gasteiger partial charge in [0.2, 0.25) is 0 Å². The van der Waals surface area contributed by atoms with Crippen molar-refractivity contribution < 1.29 is 0 Å². The molecule has 0 unspecified atom stereocenters. The lowest BCUT2D eigenvalue weighted by Gasteiger charge is -2.11. The first-order chi connectivity index (χ1) is 21.8. The molecule has 0 fully saturated rings. The van der Waals surface area contributed by atoms with Gasteiger partial charge in [-0.1, -0.05) is 144 Å². The molecule has 0 nitrogen and oxygen atoms in total. The lowest BCUT2D eigenvalue weighted by Crippen LogP contribution is -1.95. The maximum atomic E-state index is 3.47. The summed E-state index contributed by atoms with van der Waals surface area (Å²) in [5.41, 5.74) is 9.15. The van der Waals surface area contributed by atoms with E-state index in [4.69, 9.17) is 0 Å². The van der Waals surface area contributed by atoms with E-state index >= 15 is 0 Å². The standard InChI is InChI=1S/C44H26/c1-5-15-35(16-6-1)27-31-39-23-13-25-43(41(39)33-29-37-19-9-3-10-20-37)44-26-14-24-40(32-28-36-17-7-2-8-18-36)42(44)34-30-38-21-11-4-12-22-38/h1-26H. The molecule has 0 heteroatoms. The van der Waals surface area contributed by atoms with Crippen molar-refractivity contribution >= 4 is 0 Å². The van der Waals surface area contributed by atoms with Crippen LogP contribution in [0, 0.1) is 47.4 Å². The highest BCUT2D eigenvalue weighted by Crippen LogP contribution is 2.30. The molecule has 0 amide bonds. The van der Waals surface area contributed by atoms with Gasteiger partial charge < -0.3 is 0 Å². The third-order valence-electron chi connectivity index (χ3n) is 6.86. The van der Waals surface area contributed by atoms with Crippen LogP contribution in [-0.4, -0.2) is 0 Å². The summed E-state index contributed by atoms with van der Waals surface area (Å²) in [5, 5.41) is 0. The van der Waals surface area contributed by atoms with Crippen LogP contribution >= 0.6 is 0 Å². The number of rotatable bonds is 1. The van der Waals surface area contributed by atoms with Crippen LogP contribution in [0.4, 0.5) is 0 Å². The average molecular weight is 555 g/mol. The highest BCUT2D eigenvalue weighted by atomic mass is 14.1. The second-order valence-electron chi connectivity index (χ2n) is 9.92. The van der Waals surface area contributed by atoms with Crippen LogP contribution in [0.5, 0.6) is 0 Å². The summed E-state index contributed by atoms with van der Waals surface area (Å²) in [5.74, 6) is 27.1. The first-order valence-corrected chi connectivity index (χ1v) is 14.4. The maximum Gasteiger partial charge on any atom is 0.0484 e. The molecular formula is C44H26. The summed E-state index contributed by atoms with van der Waals surface area (Å²) in [4.78, 5) is 0. The van der Waals surface area contributed by atoms with E-state index in [9.17, 15) is 0 Å². The molecule has 0 aliphatic heterocycles. The first-order valence-electron chi connectivity index (χ1n) is 14.4. The van der Waals surface area contributed by atoms with E-state index in [1.54, 1.807) is 0 Å². The Morgan fingerprint density at radius 2 is 0.523 bits per heavy atom. The number of hydrogen-bond acceptors (Lipinski definition) is 0. The molecule has 0 radical (unpaired) electrons. The van der Waals surface area contributed by atoms with Gasteiger partial charge in [-0.25, -0.2) is 0 Å². The van der Waals surface area contributed by atoms with Gasteiger partial charge in [-0.3, -0.25) is 0 Å². The monoisotopic (exact) mass is 554 g/mol. The van der Waals surface area contributed by atoms with Crippen LogP contribution in [0.2, 0.25) is 0 Å². The average Bonchev–Trinajstić information content (AvgIpc) is 3.10. The van der Waals surface area contributed by atoms with Crippen molar-refractivity contribution in [1.29, 1.82) is 0 Å². The minimum atomic E-state index is 0.857. The van der Waals surface area contributed by atoms with Gasteiger partial charge >= 0.3 is 0 Å². The van der Waals surface area contributed by atoms with E-state index in [1.807, 2.05) is 146 Å². The number of hydrogen-bond donors (Lipinski definition) is 0. The molecule has 0 aliphatic carbocycles. The van der Waals surface area contributed by atoms with Crippen LogP contribution in [0.15, 0.2) is 158 Å². The molecular weight excluding hydrogens is 528 g/mol. The van der Waals surface area contributed by atoms with Gasteiger partial charge in [0.05, 0.1) is 0 Å². The van der Waals surface area contributed by atoms with Crippen molar-refractivity contribution in [2.45, 2.75) is 0 Å². The molecule has 6 rings (SSSR count). The van der Waals surface area contributed by atoms with Crippen LogP contribution in [-0.2, 0) is 0 Å². The highest BCUT2D eigenvalue weighted by molar-refractivity contribution is 5.82. The zero-order valence-corrected chi connectivity index (χ0v) is 24.0. The quantitative estimate of drug-likeness (QED) is 0.178. The van der Waals surface area contributed by atoms with E-state index in [-0.39, 0.29) is 0 Å². The topological polar surface area (TPSA) is 0 Å². The van der Waals surface area contributed by atoms with E-state index in [0.717, 1.165) is 55.6 Å². The van der Waals surface area contributed by atoms with Crippen molar-refractivity contribution in [2.75, 3.05) is 0 Å². The third-order valence-corrected chi connectivity index (χ3v) is 6.86. The Labute approximate surface area is 260 Å². The predicted molar refractivity (Wildman–Crippen MR) is 182 cm³/mol. The summed E-state index contributed by atoms with van der Waals surface area (Å²) in [6.07, 6.45) is 0. The maximum absolute atomic E-state index is 3.47. The van der Waals surface area contributed by atoms with Gasteiger partial charge in [-0.05, 0) is 71.8 Å². The molecule has 0 bridgehead atoms. The Hall–Kier alpha value is -6.44. The molecule has 0 aliphatic rings. The van der Waals surface area contributed by atoms with Crippen molar-refractivity contribution in [3.63, 3.8) is 0 Å².